The third-order valence-corrected chi connectivity index (χ3v) is 6.52. The van der Waals surface area contributed by atoms with Crippen molar-refractivity contribution >= 4 is 32.0 Å². The van der Waals surface area contributed by atoms with Crippen LogP contribution in [0, 0.1) is 11.8 Å². The van der Waals surface area contributed by atoms with E-state index in [1.165, 1.54) is 7.05 Å². The third-order valence-electron chi connectivity index (χ3n) is 5.12. The van der Waals surface area contributed by atoms with Crippen LogP contribution in [0.25, 0.3) is 0 Å². The van der Waals surface area contributed by atoms with E-state index in [1.807, 2.05) is 0 Å². The van der Waals surface area contributed by atoms with Crippen LogP contribution < -0.4 is 5.73 Å². The van der Waals surface area contributed by atoms with E-state index in [1.54, 1.807) is 71.9 Å². The van der Waals surface area contributed by atoms with Crippen molar-refractivity contribution in [3.05, 3.63) is 35.9 Å². The highest BCUT2D eigenvalue weighted by atomic mass is 31.2. The zero-order valence-electron chi connectivity index (χ0n) is 23.8. The molecule has 0 aliphatic heterocycles. The van der Waals surface area contributed by atoms with E-state index in [0.29, 0.717) is 5.56 Å². The Morgan fingerprint density at radius 1 is 0.925 bits per heavy atom. The smallest absolute Gasteiger partial charge is 0.480 e. The Balaban J connectivity index is 3.45. The highest BCUT2D eigenvalue weighted by Crippen LogP contribution is 2.54. The van der Waals surface area contributed by atoms with E-state index < -0.39 is 62.4 Å². The molecule has 3 N–H and O–H groups in total. The molecular formula is C25H40N3O11P. The molecule has 40 heavy (non-hydrogen) atoms. The van der Waals surface area contributed by atoms with Crippen molar-refractivity contribution < 1.29 is 52.1 Å². The lowest BCUT2D eigenvalue weighted by atomic mass is 10.1. The van der Waals surface area contributed by atoms with Crippen molar-refractivity contribution in [2.45, 2.75) is 66.6 Å². The second-order valence-electron chi connectivity index (χ2n) is 9.12. The minimum Gasteiger partial charge on any atom is -0.480 e. The van der Waals surface area contributed by atoms with E-state index in [2.05, 4.69) is 4.76 Å². The maximum atomic E-state index is 14.0. The maximum Gasteiger partial charge on any atom is 0.510 e. The molecule has 14 nitrogen and oxygen atoms in total. The van der Waals surface area contributed by atoms with Crippen molar-refractivity contribution in [1.29, 1.82) is 0 Å². The van der Waals surface area contributed by atoms with Gasteiger partial charge in [0, 0.05) is 25.3 Å². The molecule has 1 aromatic carbocycles. The molecule has 226 valence electrons. The van der Waals surface area contributed by atoms with E-state index in [0.717, 1.165) is 4.90 Å². The van der Waals surface area contributed by atoms with Gasteiger partial charge in [0.25, 0.3) is 0 Å². The van der Waals surface area contributed by atoms with E-state index >= 15 is 0 Å². The second kappa shape index (κ2) is 16.7. The molecule has 0 bridgehead atoms. The largest absolute Gasteiger partial charge is 0.510 e. The van der Waals surface area contributed by atoms with Gasteiger partial charge in [-0.25, -0.2) is 28.0 Å². The molecular weight excluding hydrogens is 549 g/mol. The maximum absolute atomic E-state index is 14.0. The molecule has 0 spiro atoms. The van der Waals surface area contributed by atoms with Crippen LogP contribution in [-0.4, -0.2) is 73.1 Å². The van der Waals surface area contributed by atoms with Gasteiger partial charge in [0.15, 0.2) is 0 Å². The van der Waals surface area contributed by atoms with Crippen molar-refractivity contribution in [2.75, 3.05) is 20.3 Å². The number of ether oxygens (including phenoxy) is 4. The van der Waals surface area contributed by atoms with Crippen molar-refractivity contribution in [3.63, 3.8) is 0 Å². The van der Waals surface area contributed by atoms with Gasteiger partial charge in [0.2, 0.25) is 18.5 Å². The van der Waals surface area contributed by atoms with Gasteiger partial charge in [-0.1, -0.05) is 58.0 Å². The van der Waals surface area contributed by atoms with Crippen LogP contribution in [0.15, 0.2) is 35.1 Å². The van der Waals surface area contributed by atoms with E-state index in [4.69, 9.17) is 33.7 Å². The Hall–Kier alpha value is -3.35. The van der Waals surface area contributed by atoms with Gasteiger partial charge in [-0.05, 0) is 19.4 Å². The number of carboxylic acids is 1. The number of nitrogens with zero attached hydrogens (tertiary/aromatic N) is 2. The molecule has 0 fully saturated rings. The zero-order valence-corrected chi connectivity index (χ0v) is 24.7. The summed E-state index contributed by atoms with van der Waals surface area (Å²) in [5.41, 5.74) is 6.82. The zero-order chi connectivity index (χ0) is 30.5. The third kappa shape index (κ3) is 11.8. The molecule has 1 aromatic rings. The molecule has 0 aromatic heterocycles. The molecule has 3 atom stereocenters. The van der Waals surface area contributed by atoms with Crippen molar-refractivity contribution in [3.8, 4) is 0 Å². The van der Waals surface area contributed by atoms with Gasteiger partial charge in [-0.15, -0.1) is 4.76 Å². The Labute approximate surface area is 234 Å². The average Bonchev–Trinajstić information content (AvgIpc) is 2.86. The number of carbonyl (C=O) groups excluding carboxylic acids is 2. The number of hydrogen-bond acceptors (Lipinski definition) is 10. The topological polar surface area (TPSA) is 186 Å². The molecule has 0 saturated carbocycles. The molecule has 0 saturated heterocycles. The van der Waals surface area contributed by atoms with Gasteiger partial charge >= 0.3 is 26.0 Å². The number of benzene rings is 1. The summed E-state index contributed by atoms with van der Waals surface area (Å²) in [5, 5.41) is 9.86. The summed E-state index contributed by atoms with van der Waals surface area (Å²) in [6.07, 6.45) is -5.16. The first-order chi connectivity index (χ1) is 18.7. The molecule has 0 radical (unpaired) electrons. The minimum absolute atomic E-state index is 0.00843. The van der Waals surface area contributed by atoms with Crippen LogP contribution >= 0.6 is 7.75 Å². The number of nitrogens with two attached hydrogens (primary N) is 1. The highest BCUT2D eigenvalue weighted by molar-refractivity contribution is 7.52. The standard InChI is InChI=1S/C25H40N3O11P/c1-8-34-24(31)36-21(16(3)4)38-40(33,39-22(17(5)6)37-25(32)35-9-2)27-23(26)28(7)19(20(29)30)15-18-13-11-10-12-14-18/h10-14,16-17,19,21-22H,8-9,15H2,1-7H3,(H,29,30)(H2,26,27,33). The number of likely N-dealkylation sites (N-methyl/N-ethyl adjacent to an activating group) is 1. The minimum atomic E-state index is -4.79. The monoisotopic (exact) mass is 589 g/mol. The summed E-state index contributed by atoms with van der Waals surface area (Å²) in [7, 11) is -3.45. The van der Waals surface area contributed by atoms with Gasteiger partial charge in [0.05, 0.1) is 13.2 Å². The fraction of sp³-hybridized carbons (Fsp3) is 0.600. The summed E-state index contributed by atoms with van der Waals surface area (Å²) in [4.78, 5) is 37.1. The lowest BCUT2D eigenvalue weighted by molar-refractivity contribution is -0.141. The van der Waals surface area contributed by atoms with Crippen LogP contribution in [0.5, 0.6) is 0 Å². The Kier molecular flexibility index (Phi) is 14.5. The molecule has 1 rings (SSSR count). The predicted octanol–water partition coefficient (Wildman–Crippen LogP) is 4.38. The van der Waals surface area contributed by atoms with Crippen molar-refractivity contribution in [1.82, 2.24) is 4.90 Å². The fourth-order valence-corrected chi connectivity index (χ4v) is 4.60. The molecule has 0 aliphatic rings. The number of rotatable bonds is 15. The van der Waals surface area contributed by atoms with Crippen molar-refractivity contribution in [2.24, 2.45) is 22.3 Å². The first-order valence-electron chi connectivity index (χ1n) is 12.7. The van der Waals surface area contributed by atoms with Crippen LogP contribution in [0.3, 0.4) is 0 Å². The summed E-state index contributed by atoms with van der Waals surface area (Å²) >= 11 is 0. The van der Waals surface area contributed by atoms with Gasteiger partial charge < -0.3 is 34.7 Å². The van der Waals surface area contributed by atoms with E-state index in [-0.39, 0.29) is 19.6 Å². The number of hydrogen-bond donors (Lipinski definition) is 2. The van der Waals surface area contributed by atoms with Crippen LogP contribution in [0.4, 0.5) is 9.59 Å². The Morgan fingerprint density at radius 3 is 1.75 bits per heavy atom. The summed E-state index contributed by atoms with van der Waals surface area (Å²) in [6.45, 7) is 9.55. The number of aliphatic carboxylic acids is 1. The predicted molar refractivity (Wildman–Crippen MR) is 144 cm³/mol. The first-order valence-corrected chi connectivity index (χ1v) is 14.2. The summed E-state index contributed by atoms with van der Waals surface area (Å²) in [6, 6.07) is 7.58. The normalized spacial score (nSPS) is 15.5. The quantitative estimate of drug-likeness (QED) is 0.0966. The number of guanidine groups is 1. The average molecular weight is 590 g/mol. The lowest BCUT2D eigenvalue weighted by Gasteiger charge is -2.30. The van der Waals surface area contributed by atoms with Crippen LogP contribution in [0.2, 0.25) is 0 Å². The Bertz CT molecular complexity index is 998. The van der Waals surface area contributed by atoms with Gasteiger partial charge in [-0.2, -0.15) is 0 Å². The van der Waals surface area contributed by atoms with E-state index in [9.17, 15) is 24.1 Å². The second-order valence-corrected chi connectivity index (χ2v) is 10.7. The van der Waals surface area contributed by atoms with Crippen LogP contribution in [-0.2, 0) is 43.8 Å². The molecule has 15 heteroatoms. The molecule has 3 unspecified atom stereocenters. The summed E-state index contributed by atoms with van der Waals surface area (Å²) < 4.78 is 48.9. The lowest BCUT2D eigenvalue weighted by Crippen LogP contribution is -2.47. The van der Waals surface area contributed by atoms with Gasteiger partial charge in [-0.3, -0.25) is 0 Å². The number of carbonyl (C=O) groups is 3. The Morgan fingerprint density at radius 2 is 1.38 bits per heavy atom. The van der Waals surface area contributed by atoms with Gasteiger partial charge in [0.1, 0.15) is 6.04 Å². The summed E-state index contributed by atoms with van der Waals surface area (Å²) in [5.74, 6) is -2.91. The SMILES string of the molecule is CCOC(=O)OC(OP(=O)(N=C(N)N(C)C(Cc1ccccc1)C(=O)O)OC(OC(=O)OCC)C(C)C)C(C)C. The highest BCUT2D eigenvalue weighted by Gasteiger charge is 2.39. The number of carboxylic acid groups (broad SMARTS) is 1. The molecule has 0 aliphatic carbocycles. The first kappa shape index (κ1) is 34.7. The fourth-order valence-electron chi connectivity index (χ4n) is 2.97. The molecule has 0 heterocycles. The van der Waals surface area contributed by atoms with Crippen LogP contribution in [0.1, 0.15) is 47.1 Å². The molecule has 0 amide bonds.